The van der Waals surface area contributed by atoms with Crippen LogP contribution < -0.4 is 0 Å². The molecule has 3 rings (SSSR count). The molecule has 3 aromatic carbocycles. The van der Waals surface area contributed by atoms with Crippen molar-refractivity contribution in [3.8, 4) is 11.1 Å². The van der Waals surface area contributed by atoms with E-state index < -0.39 is 17.5 Å². The molecule has 158 valence electrons. The van der Waals surface area contributed by atoms with Crippen LogP contribution in [0, 0.1) is 5.82 Å². The second-order valence-electron chi connectivity index (χ2n) is 7.37. The quantitative estimate of drug-likeness (QED) is 0.241. The van der Waals surface area contributed by atoms with Gasteiger partial charge in [0.1, 0.15) is 5.82 Å². The molecule has 0 amide bonds. The molecule has 0 fully saturated rings. The summed E-state index contributed by atoms with van der Waals surface area (Å²) in [5.74, 6) is -3.08. The second kappa shape index (κ2) is 10.6. The summed E-state index contributed by atoms with van der Waals surface area (Å²) in [6.07, 6.45) is 7.03. The second-order valence-corrected chi connectivity index (χ2v) is 7.37. The lowest BCUT2D eigenvalue weighted by molar-refractivity contribution is 0.611. The van der Waals surface area contributed by atoms with Gasteiger partial charge in [0, 0.05) is 11.1 Å². The molecular weight excluding hydrogens is 393 g/mol. The average Bonchev–Trinajstić information content (AvgIpc) is 2.81. The summed E-state index contributed by atoms with van der Waals surface area (Å²) < 4.78 is 44.0. The van der Waals surface area contributed by atoms with Crippen LogP contribution in [-0.2, 0) is 12.8 Å². The Morgan fingerprint density at radius 3 is 1.71 bits per heavy atom. The van der Waals surface area contributed by atoms with Crippen LogP contribution in [-0.4, -0.2) is 0 Å². The van der Waals surface area contributed by atoms with E-state index in [9.17, 15) is 13.2 Å². The van der Waals surface area contributed by atoms with Gasteiger partial charge < -0.3 is 0 Å². The largest absolute Gasteiger partial charge is 0.206 e. The van der Waals surface area contributed by atoms with Gasteiger partial charge in [0.05, 0.1) is 0 Å². The molecule has 0 atom stereocenters. The van der Waals surface area contributed by atoms with Crippen molar-refractivity contribution in [1.82, 2.24) is 0 Å². The smallest absolute Gasteiger partial charge is 0.169 e. The third-order valence-corrected chi connectivity index (χ3v) is 5.17. The first-order valence-corrected chi connectivity index (χ1v) is 10.3. The minimum absolute atomic E-state index is 0.0819. The number of benzene rings is 3. The van der Waals surface area contributed by atoms with Gasteiger partial charge in [-0.2, -0.15) is 0 Å². The molecule has 0 unspecified atom stereocenters. The van der Waals surface area contributed by atoms with Crippen molar-refractivity contribution in [2.45, 2.75) is 25.7 Å². The molecule has 0 saturated carbocycles. The van der Waals surface area contributed by atoms with Crippen LogP contribution >= 0.6 is 0 Å². The molecule has 0 aromatic heterocycles. The minimum Gasteiger partial charge on any atom is -0.206 e. The molecule has 0 spiro atoms. The average molecular weight is 419 g/mol. The summed E-state index contributed by atoms with van der Waals surface area (Å²) in [4.78, 5) is 0. The van der Waals surface area contributed by atoms with Crippen molar-refractivity contribution < 1.29 is 13.2 Å². The highest BCUT2D eigenvalue weighted by Crippen LogP contribution is 2.32. The topological polar surface area (TPSA) is 0 Å². The van der Waals surface area contributed by atoms with Crippen LogP contribution in [0.1, 0.15) is 35.1 Å². The van der Waals surface area contributed by atoms with E-state index in [0.29, 0.717) is 5.56 Å². The lowest BCUT2D eigenvalue weighted by Crippen LogP contribution is -1.92. The van der Waals surface area contributed by atoms with E-state index in [1.807, 2.05) is 30.3 Å². The van der Waals surface area contributed by atoms with E-state index in [1.54, 1.807) is 24.3 Å². The number of aryl methyl sites for hydroxylation is 2. The molecule has 3 heteroatoms. The summed E-state index contributed by atoms with van der Waals surface area (Å²) >= 11 is 0. The molecule has 0 nitrogen and oxygen atoms in total. The Morgan fingerprint density at radius 1 is 0.677 bits per heavy atom. The number of hydrogen-bond acceptors (Lipinski definition) is 0. The van der Waals surface area contributed by atoms with Crippen molar-refractivity contribution in [3.63, 3.8) is 0 Å². The molecule has 0 aliphatic carbocycles. The van der Waals surface area contributed by atoms with Gasteiger partial charge >= 0.3 is 0 Å². The maximum Gasteiger partial charge on any atom is 0.169 e. The molecule has 0 N–H and O–H groups in total. The van der Waals surface area contributed by atoms with Crippen LogP contribution in [0.15, 0.2) is 92.0 Å². The standard InChI is InChI=1S/C28H25F3/c1-3-5-7-20-9-13-22(14-10-20)24-17-18-25(26(29)19-24)28(31)27(30)23-15-11-21(12-16-23)8-6-4-2/h3-4,9-19H,1-2,5-8H2/b28-27+. The Bertz CT molecular complexity index is 1070. The Labute approximate surface area is 182 Å². The van der Waals surface area contributed by atoms with E-state index in [2.05, 4.69) is 13.2 Å². The van der Waals surface area contributed by atoms with Crippen molar-refractivity contribution in [3.05, 3.63) is 120 Å². The molecule has 0 heterocycles. The molecule has 31 heavy (non-hydrogen) atoms. The summed E-state index contributed by atoms with van der Waals surface area (Å²) in [7, 11) is 0. The van der Waals surface area contributed by atoms with Gasteiger partial charge in [0.25, 0.3) is 0 Å². The zero-order chi connectivity index (χ0) is 22.2. The van der Waals surface area contributed by atoms with Gasteiger partial charge in [0.15, 0.2) is 11.7 Å². The first-order chi connectivity index (χ1) is 15.0. The fraction of sp³-hybridized carbons (Fsp3) is 0.143. The van der Waals surface area contributed by atoms with Gasteiger partial charge in [-0.05, 0) is 60.1 Å². The van der Waals surface area contributed by atoms with E-state index >= 15 is 0 Å². The summed E-state index contributed by atoms with van der Waals surface area (Å²) in [6.45, 7) is 7.38. The van der Waals surface area contributed by atoms with Crippen molar-refractivity contribution >= 4 is 11.7 Å². The molecule has 3 aromatic rings. The van der Waals surface area contributed by atoms with Gasteiger partial charge in [-0.25, -0.2) is 13.2 Å². The fourth-order valence-corrected chi connectivity index (χ4v) is 3.34. The third kappa shape index (κ3) is 5.64. The lowest BCUT2D eigenvalue weighted by Gasteiger charge is -2.08. The zero-order valence-electron chi connectivity index (χ0n) is 17.4. The predicted molar refractivity (Wildman–Crippen MR) is 124 cm³/mol. The highest BCUT2D eigenvalue weighted by molar-refractivity contribution is 5.84. The lowest BCUT2D eigenvalue weighted by atomic mass is 9.99. The first-order valence-electron chi connectivity index (χ1n) is 10.3. The number of halogens is 3. The van der Waals surface area contributed by atoms with Crippen molar-refractivity contribution in [1.29, 1.82) is 0 Å². The molecule has 0 aliphatic rings. The Kier molecular flexibility index (Phi) is 7.66. The van der Waals surface area contributed by atoms with Crippen molar-refractivity contribution in [2.75, 3.05) is 0 Å². The van der Waals surface area contributed by atoms with Gasteiger partial charge in [0.2, 0.25) is 0 Å². The Morgan fingerprint density at radius 2 is 1.19 bits per heavy atom. The Hall–Kier alpha value is -3.33. The van der Waals surface area contributed by atoms with Crippen LogP contribution in [0.2, 0.25) is 0 Å². The van der Waals surface area contributed by atoms with Crippen LogP contribution in [0.3, 0.4) is 0 Å². The van der Waals surface area contributed by atoms with Crippen LogP contribution in [0.25, 0.3) is 22.8 Å². The van der Waals surface area contributed by atoms with Crippen LogP contribution in [0.5, 0.6) is 0 Å². The maximum absolute atomic E-state index is 14.7. The van der Waals surface area contributed by atoms with E-state index in [1.165, 1.54) is 24.3 Å². The highest BCUT2D eigenvalue weighted by Gasteiger charge is 2.16. The van der Waals surface area contributed by atoms with Crippen molar-refractivity contribution in [2.24, 2.45) is 0 Å². The number of allylic oxidation sites excluding steroid dienone is 2. The third-order valence-electron chi connectivity index (χ3n) is 5.17. The monoisotopic (exact) mass is 418 g/mol. The zero-order valence-corrected chi connectivity index (χ0v) is 17.4. The summed E-state index contributed by atoms with van der Waals surface area (Å²) in [6, 6.07) is 18.4. The normalized spacial score (nSPS) is 11.7. The fourth-order valence-electron chi connectivity index (χ4n) is 3.34. The van der Waals surface area contributed by atoms with E-state index in [-0.39, 0.29) is 11.1 Å². The SMILES string of the molecule is C=CCCc1ccc(/C(F)=C(\F)c2ccc(-c3ccc(CCC=C)cc3)cc2F)cc1. The van der Waals surface area contributed by atoms with Gasteiger partial charge in [-0.3, -0.25) is 0 Å². The molecule has 0 aliphatic heterocycles. The highest BCUT2D eigenvalue weighted by atomic mass is 19.2. The molecule has 0 bridgehead atoms. The van der Waals surface area contributed by atoms with Gasteiger partial charge in [-0.1, -0.05) is 66.7 Å². The summed E-state index contributed by atoms with van der Waals surface area (Å²) in [5.41, 5.74) is 3.28. The molecule has 0 saturated heterocycles. The summed E-state index contributed by atoms with van der Waals surface area (Å²) in [5, 5.41) is 0. The van der Waals surface area contributed by atoms with Crippen LogP contribution in [0.4, 0.5) is 13.2 Å². The predicted octanol–water partition coefficient (Wildman–Crippen LogP) is 8.49. The maximum atomic E-state index is 14.7. The van der Waals surface area contributed by atoms with E-state index in [4.69, 9.17) is 0 Å². The first kappa shape index (κ1) is 22.4. The molecular formula is C28H25F3. The van der Waals surface area contributed by atoms with E-state index in [0.717, 1.165) is 42.4 Å². The Balaban J connectivity index is 1.82. The van der Waals surface area contributed by atoms with Gasteiger partial charge in [-0.15, -0.1) is 13.2 Å². The minimum atomic E-state index is -1.21. The number of hydrogen-bond donors (Lipinski definition) is 0. The number of rotatable bonds is 9. The molecule has 0 radical (unpaired) electrons.